The Morgan fingerprint density at radius 3 is 1.82 bits per heavy atom. The molecule has 0 fully saturated rings. The van der Waals surface area contributed by atoms with Crippen molar-refractivity contribution in [2.75, 3.05) is 0 Å². The van der Waals surface area contributed by atoms with E-state index in [1.54, 1.807) is 0 Å². The van der Waals surface area contributed by atoms with Gasteiger partial charge in [0.05, 0.1) is 0 Å². The Hall–Kier alpha value is -1.71. The molecule has 0 spiro atoms. The first kappa shape index (κ1) is 22.6. The molecule has 0 aliphatic carbocycles. The van der Waals surface area contributed by atoms with Crippen molar-refractivity contribution >= 4 is 12.2 Å². The molecule has 0 aliphatic heterocycles. The number of nitrogens with zero attached hydrogens (tertiary/aromatic N) is 1. The van der Waals surface area contributed by atoms with Crippen LogP contribution in [0.2, 0.25) is 0 Å². The summed E-state index contributed by atoms with van der Waals surface area (Å²) in [4.78, 5) is 0. The van der Waals surface area contributed by atoms with E-state index in [0.29, 0.717) is 0 Å². The fraction of sp³-hybridized carbons (Fsp3) is 0.211. The number of rotatable bonds is 5. The van der Waals surface area contributed by atoms with Crippen molar-refractivity contribution in [3.05, 3.63) is 79.1 Å². The van der Waals surface area contributed by atoms with Gasteiger partial charge >= 0.3 is 0 Å². The van der Waals surface area contributed by atoms with Gasteiger partial charge in [-0.05, 0) is 11.1 Å². The third-order valence-electron chi connectivity index (χ3n) is 2.96. The molecule has 0 aliphatic rings. The topological polar surface area (TPSA) is 35.4 Å². The molecule has 2 rings (SSSR count). The lowest BCUT2D eigenvalue weighted by atomic mass is 10.2. The average molecular weight is 364 g/mol. The van der Waals surface area contributed by atoms with Gasteiger partial charge in [-0.25, -0.2) is 4.57 Å². The highest BCUT2D eigenvalue weighted by Gasteiger charge is 1.96. The molecule has 22 heavy (non-hydrogen) atoms. The third-order valence-corrected chi connectivity index (χ3v) is 2.96. The second-order valence-corrected chi connectivity index (χ2v) is 4.54. The predicted molar refractivity (Wildman–Crippen MR) is 91.8 cm³/mol. The van der Waals surface area contributed by atoms with Crippen LogP contribution in [0.4, 0.5) is 0 Å². The van der Waals surface area contributed by atoms with Crippen molar-refractivity contribution in [3.8, 4) is 0 Å². The molecule has 2 nitrogen and oxygen atoms in total. The lowest BCUT2D eigenvalue weighted by Crippen LogP contribution is -3.00. The first-order valence-electron chi connectivity index (χ1n) is 7.09. The van der Waals surface area contributed by atoms with Crippen molar-refractivity contribution in [2.45, 2.75) is 26.3 Å². The summed E-state index contributed by atoms with van der Waals surface area (Å²) in [6, 6.07) is 14.2. The smallest absolute Gasteiger partial charge is 0.169 e. The number of hydrogen-bond donors (Lipinski definition) is 0. The van der Waals surface area contributed by atoms with Crippen LogP contribution in [0, 0.1) is 0 Å². The summed E-state index contributed by atoms with van der Waals surface area (Å²) in [6.45, 7) is 10.7. The maximum absolute atomic E-state index is 3.71. The Balaban J connectivity index is 0. The Morgan fingerprint density at radius 2 is 1.41 bits per heavy atom. The summed E-state index contributed by atoms with van der Waals surface area (Å²) < 4.78 is 2.20. The first-order valence-corrected chi connectivity index (χ1v) is 7.09. The van der Waals surface area contributed by atoms with E-state index in [2.05, 4.69) is 49.2 Å². The second kappa shape index (κ2) is 14.2. The van der Waals surface area contributed by atoms with Gasteiger partial charge in [0.2, 0.25) is 0 Å². The van der Waals surface area contributed by atoms with Gasteiger partial charge in [0.1, 0.15) is 6.54 Å². The number of aromatic nitrogens is 1. The van der Waals surface area contributed by atoms with Crippen LogP contribution < -0.4 is 21.5 Å². The summed E-state index contributed by atoms with van der Waals surface area (Å²) >= 11 is 0. The van der Waals surface area contributed by atoms with Crippen molar-refractivity contribution in [1.82, 2.24) is 0 Å². The lowest BCUT2D eigenvalue weighted by molar-refractivity contribution is -0.697. The highest BCUT2D eigenvalue weighted by atomic mass is 79.9. The number of aryl methyl sites for hydroxylation is 1. The maximum Gasteiger partial charge on any atom is 0.169 e. The second-order valence-electron chi connectivity index (χ2n) is 4.54. The minimum atomic E-state index is 0. The molecule has 0 unspecified atom stereocenters. The molecule has 0 saturated heterocycles. The summed E-state index contributed by atoms with van der Waals surface area (Å²) in [6.07, 6.45) is 10.4. The largest absolute Gasteiger partial charge is 1.00 e. The van der Waals surface area contributed by atoms with E-state index in [1.165, 1.54) is 24.0 Å². The van der Waals surface area contributed by atoms with Gasteiger partial charge in [0, 0.05) is 18.6 Å². The minimum Gasteiger partial charge on any atom is -1.00 e. The summed E-state index contributed by atoms with van der Waals surface area (Å²) in [5.74, 6) is 0. The van der Waals surface area contributed by atoms with Crippen LogP contribution in [0.1, 0.15) is 30.9 Å². The van der Waals surface area contributed by atoms with E-state index in [-0.39, 0.29) is 22.5 Å². The molecule has 3 heteroatoms. The van der Waals surface area contributed by atoms with Gasteiger partial charge in [-0.15, -0.1) is 0 Å². The van der Waals surface area contributed by atoms with Crippen molar-refractivity contribution in [1.29, 1.82) is 0 Å². The van der Waals surface area contributed by atoms with Crippen LogP contribution >= 0.6 is 0 Å². The number of halogens is 1. The highest BCUT2D eigenvalue weighted by Crippen LogP contribution is 1.97. The Kier molecular flexibility index (Phi) is 14.6. The molecular weight excluding hydrogens is 338 g/mol. The van der Waals surface area contributed by atoms with Gasteiger partial charge in [0.25, 0.3) is 0 Å². The van der Waals surface area contributed by atoms with Crippen LogP contribution in [0.25, 0.3) is 12.2 Å². The molecule has 1 aromatic heterocycles. The molecule has 0 saturated carbocycles. The zero-order valence-electron chi connectivity index (χ0n) is 13.2. The third kappa shape index (κ3) is 9.27. The van der Waals surface area contributed by atoms with Gasteiger partial charge in [-0.3, -0.25) is 0 Å². The van der Waals surface area contributed by atoms with E-state index in [9.17, 15) is 0 Å². The fourth-order valence-corrected chi connectivity index (χ4v) is 1.68. The first-order chi connectivity index (χ1) is 9.80. The molecule has 0 radical (unpaired) electrons. The zero-order valence-corrected chi connectivity index (χ0v) is 14.8. The summed E-state index contributed by atoms with van der Waals surface area (Å²) in [7, 11) is 0. The van der Waals surface area contributed by atoms with Gasteiger partial charge in [-0.1, -0.05) is 69.0 Å². The molecule has 0 amide bonds. The van der Waals surface area contributed by atoms with Gasteiger partial charge < -0.3 is 22.5 Å². The van der Waals surface area contributed by atoms with Crippen LogP contribution in [0.15, 0.2) is 68.0 Å². The van der Waals surface area contributed by atoms with Gasteiger partial charge in [0.15, 0.2) is 12.4 Å². The molecule has 120 valence electrons. The molecular formula is C19H26BrNO. The molecule has 2 aromatic rings. The summed E-state index contributed by atoms with van der Waals surface area (Å²) in [5, 5.41) is 0. The van der Waals surface area contributed by atoms with Crippen LogP contribution in [-0.2, 0) is 6.54 Å². The Bertz CT molecular complexity index is 509. The molecule has 0 atom stereocenters. The summed E-state index contributed by atoms with van der Waals surface area (Å²) in [5.41, 5.74) is 2.36. The van der Waals surface area contributed by atoms with Crippen molar-refractivity contribution in [3.63, 3.8) is 0 Å². The standard InChI is InChI=1S/C11H16N.C8H8.BrH.H2O/c1-3-5-8-12-9-6-11(4-2)7-10-12;1-2-8-6-4-3-5-7-8;;/h4,6-7,9-10H,2-3,5,8H2,1H3;2-7H,1H2;1H;1H2/q+1;;;/p-1. The molecule has 2 N–H and O–H groups in total. The van der Waals surface area contributed by atoms with Crippen molar-refractivity contribution in [2.24, 2.45) is 0 Å². The van der Waals surface area contributed by atoms with Crippen LogP contribution in [-0.4, -0.2) is 5.48 Å². The number of pyridine rings is 1. The molecule has 1 aromatic carbocycles. The average Bonchev–Trinajstić information content (AvgIpc) is 2.54. The quantitative estimate of drug-likeness (QED) is 0.708. The fourth-order valence-electron chi connectivity index (χ4n) is 1.68. The Morgan fingerprint density at radius 1 is 0.909 bits per heavy atom. The Labute approximate surface area is 144 Å². The number of hydrogen-bond acceptors (Lipinski definition) is 0. The molecule has 1 heterocycles. The van der Waals surface area contributed by atoms with E-state index in [4.69, 9.17) is 0 Å². The number of benzene rings is 1. The highest BCUT2D eigenvalue weighted by molar-refractivity contribution is 5.45. The maximum atomic E-state index is 3.71. The van der Waals surface area contributed by atoms with Crippen LogP contribution in [0.3, 0.4) is 0 Å². The predicted octanol–water partition coefficient (Wildman–Crippen LogP) is 0.926. The normalized spacial score (nSPS) is 8.41. The van der Waals surface area contributed by atoms with E-state index < -0.39 is 0 Å². The SMILES string of the molecule is C=Cc1cc[n+](CCCC)cc1.C=Cc1ccccc1.O.[Br-]. The molecule has 0 bridgehead atoms. The van der Waals surface area contributed by atoms with Crippen molar-refractivity contribution < 1.29 is 27.0 Å². The van der Waals surface area contributed by atoms with E-state index in [1.807, 2.05) is 42.5 Å². The monoisotopic (exact) mass is 363 g/mol. The van der Waals surface area contributed by atoms with E-state index in [0.717, 1.165) is 6.54 Å². The van der Waals surface area contributed by atoms with Gasteiger partial charge in [-0.2, -0.15) is 0 Å². The van der Waals surface area contributed by atoms with Crippen LogP contribution in [0.5, 0.6) is 0 Å². The number of unbranched alkanes of at least 4 members (excludes halogenated alkanes) is 1. The zero-order chi connectivity index (χ0) is 14.6. The van der Waals surface area contributed by atoms with E-state index >= 15 is 0 Å². The lowest BCUT2D eigenvalue weighted by Gasteiger charge is -1.94. The minimum absolute atomic E-state index is 0.